The number of sulfonamides is 1. The Bertz CT molecular complexity index is 1500. The third-order valence-electron chi connectivity index (χ3n) is 8.20. The van der Waals surface area contributed by atoms with Crippen molar-refractivity contribution in [3.05, 3.63) is 52.8 Å². The smallest absolute Gasteiger partial charge is 0.256 e. The molecule has 0 bridgehead atoms. The predicted octanol–water partition coefficient (Wildman–Crippen LogP) is 4.10. The highest BCUT2D eigenvalue weighted by molar-refractivity contribution is 7.93. The molecule has 9 nitrogen and oxygen atoms in total. The molecule has 1 amide bonds. The van der Waals surface area contributed by atoms with Gasteiger partial charge in [0.1, 0.15) is 5.82 Å². The number of anilines is 2. The number of aryl methyl sites for hydroxylation is 2. The van der Waals surface area contributed by atoms with Crippen molar-refractivity contribution in [3.8, 4) is 0 Å². The molecule has 202 valence electrons. The standard InChI is InChI=1S/C28H36N6O3S/c1-19-8-9-24(34-12-6-14-38(34,36)37)22(15-19)28(35)32-11-5-4-7-25(32)23-16-26-29-27(21(3)18-33(26)30-23)31-13-10-20(2)17-31/h8-9,15-16,18,20,25H,4-7,10-14,17H2,1-3H3/t20-,25-/m0/s1. The van der Waals surface area contributed by atoms with Gasteiger partial charge >= 0.3 is 0 Å². The molecule has 0 radical (unpaired) electrons. The fraction of sp³-hybridized carbons (Fsp3) is 0.536. The van der Waals surface area contributed by atoms with Gasteiger partial charge in [-0.15, -0.1) is 0 Å². The first kappa shape index (κ1) is 25.2. The largest absolute Gasteiger partial charge is 0.356 e. The molecule has 38 heavy (non-hydrogen) atoms. The summed E-state index contributed by atoms with van der Waals surface area (Å²) in [6.07, 6.45) is 6.52. The normalized spacial score (nSPS) is 23.5. The summed E-state index contributed by atoms with van der Waals surface area (Å²) in [7, 11) is -3.41. The Morgan fingerprint density at radius 3 is 2.61 bits per heavy atom. The van der Waals surface area contributed by atoms with Crippen molar-refractivity contribution in [2.75, 3.05) is 41.1 Å². The Morgan fingerprint density at radius 1 is 1.03 bits per heavy atom. The number of piperidine rings is 1. The van der Waals surface area contributed by atoms with Crippen molar-refractivity contribution in [2.45, 2.75) is 58.9 Å². The van der Waals surface area contributed by atoms with Crippen LogP contribution in [0.5, 0.6) is 0 Å². The molecule has 6 rings (SSSR count). The maximum atomic E-state index is 14.1. The SMILES string of the molecule is Cc1ccc(N2CCCS2(=O)=O)c(C(=O)N2CCCC[C@H]2c2cc3nc(N4CC[C@H](C)C4)c(C)cn3n2)c1. The quantitative estimate of drug-likeness (QED) is 0.499. The first-order valence-electron chi connectivity index (χ1n) is 13.8. The molecule has 2 atom stereocenters. The highest BCUT2D eigenvalue weighted by atomic mass is 32.2. The second-order valence-corrected chi connectivity index (χ2v) is 13.2. The highest BCUT2D eigenvalue weighted by Crippen LogP contribution is 2.36. The predicted molar refractivity (Wildman–Crippen MR) is 148 cm³/mol. The van der Waals surface area contributed by atoms with Crippen LogP contribution in [0, 0.1) is 19.8 Å². The van der Waals surface area contributed by atoms with Gasteiger partial charge in [0.05, 0.1) is 28.7 Å². The number of likely N-dealkylation sites (tertiary alicyclic amines) is 1. The number of aromatic nitrogens is 3. The molecular weight excluding hydrogens is 500 g/mol. The number of rotatable bonds is 4. The van der Waals surface area contributed by atoms with Crippen molar-refractivity contribution in [3.63, 3.8) is 0 Å². The van der Waals surface area contributed by atoms with Crippen molar-refractivity contribution < 1.29 is 13.2 Å². The van der Waals surface area contributed by atoms with E-state index in [1.165, 1.54) is 10.7 Å². The number of hydrogen-bond acceptors (Lipinski definition) is 6. The highest BCUT2D eigenvalue weighted by Gasteiger charge is 2.36. The molecule has 3 saturated heterocycles. The minimum absolute atomic E-state index is 0.118. The molecule has 0 N–H and O–H groups in total. The van der Waals surface area contributed by atoms with Crippen LogP contribution in [0.25, 0.3) is 5.65 Å². The Hall–Kier alpha value is -3.14. The van der Waals surface area contributed by atoms with Crippen LogP contribution in [0.2, 0.25) is 0 Å². The van der Waals surface area contributed by atoms with Crippen molar-refractivity contribution in [2.24, 2.45) is 5.92 Å². The van der Waals surface area contributed by atoms with E-state index < -0.39 is 10.0 Å². The molecule has 3 aliphatic heterocycles. The summed E-state index contributed by atoms with van der Waals surface area (Å²) in [5.41, 5.74) is 4.58. The van der Waals surface area contributed by atoms with Gasteiger partial charge in [0.25, 0.3) is 5.91 Å². The van der Waals surface area contributed by atoms with Crippen molar-refractivity contribution >= 4 is 33.1 Å². The second kappa shape index (κ2) is 9.55. The zero-order chi connectivity index (χ0) is 26.6. The van der Waals surface area contributed by atoms with Gasteiger partial charge in [-0.2, -0.15) is 5.10 Å². The summed E-state index contributed by atoms with van der Waals surface area (Å²) in [6, 6.07) is 7.32. The fourth-order valence-electron chi connectivity index (χ4n) is 6.22. The number of amides is 1. The van der Waals surface area contributed by atoms with Gasteiger partial charge in [0, 0.05) is 44.0 Å². The summed E-state index contributed by atoms with van der Waals surface area (Å²) >= 11 is 0. The Morgan fingerprint density at radius 2 is 1.87 bits per heavy atom. The number of nitrogens with zero attached hydrogens (tertiary/aromatic N) is 6. The van der Waals surface area contributed by atoms with E-state index in [2.05, 4.69) is 18.7 Å². The monoisotopic (exact) mass is 536 g/mol. The van der Waals surface area contributed by atoms with Crippen LogP contribution in [0.15, 0.2) is 30.5 Å². The van der Waals surface area contributed by atoms with E-state index in [4.69, 9.17) is 10.1 Å². The maximum absolute atomic E-state index is 14.1. The Labute approximate surface area is 224 Å². The molecule has 3 fully saturated rings. The number of benzene rings is 1. The van der Waals surface area contributed by atoms with E-state index in [1.807, 2.05) is 40.7 Å². The summed E-state index contributed by atoms with van der Waals surface area (Å²) in [5.74, 6) is 1.66. The minimum Gasteiger partial charge on any atom is -0.356 e. The number of fused-ring (bicyclic) bond motifs is 1. The fourth-order valence-corrected chi connectivity index (χ4v) is 7.80. The topological polar surface area (TPSA) is 91.1 Å². The summed E-state index contributed by atoms with van der Waals surface area (Å²) in [5, 5.41) is 4.88. The van der Waals surface area contributed by atoms with Gasteiger partial charge < -0.3 is 9.80 Å². The molecule has 0 spiro atoms. The third kappa shape index (κ3) is 4.42. The van der Waals surface area contributed by atoms with Crippen LogP contribution >= 0.6 is 0 Å². The van der Waals surface area contributed by atoms with Crippen LogP contribution in [0.1, 0.15) is 72.2 Å². The van der Waals surface area contributed by atoms with Crippen molar-refractivity contribution in [1.82, 2.24) is 19.5 Å². The third-order valence-corrected chi connectivity index (χ3v) is 10.1. The number of hydrogen-bond donors (Lipinski definition) is 0. The van der Waals surface area contributed by atoms with Gasteiger partial charge in [-0.1, -0.05) is 18.6 Å². The lowest BCUT2D eigenvalue weighted by Gasteiger charge is -2.35. The first-order chi connectivity index (χ1) is 18.2. The molecular formula is C28H36N6O3S. The van der Waals surface area contributed by atoms with Gasteiger partial charge in [-0.25, -0.2) is 17.9 Å². The van der Waals surface area contributed by atoms with E-state index in [1.54, 1.807) is 6.07 Å². The van der Waals surface area contributed by atoms with E-state index in [0.29, 0.717) is 36.7 Å². The second-order valence-electron chi connectivity index (χ2n) is 11.2. The number of carbonyl (C=O) groups excluding carboxylic acids is 1. The molecule has 2 aromatic heterocycles. The molecule has 3 aliphatic rings. The molecule has 1 aromatic carbocycles. The van der Waals surface area contributed by atoms with Gasteiger partial charge in [-0.05, 0) is 64.0 Å². The van der Waals surface area contributed by atoms with E-state index in [0.717, 1.165) is 60.6 Å². The van der Waals surface area contributed by atoms with Gasteiger partial charge in [0.2, 0.25) is 10.0 Å². The van der Waals surface area contributed by atoms with Gasteiger partial charge in [-0.3, -0.25) is 9.10 Å². The van der Waals surface area contributed by atoms with E-state index in [9.17, 15) is 13.2 Å². The summed E-state index contributed by atoms with van der Waals surface area (Å²) in [4.78, 5) is 23.3. The lowest BCUT2D eigenvalue weighted by atomic mass is 9.97. The average Bonchev–Trinajstić information content (AvgIpc) is 3.60. The lowest BCUT2D eigenvalue weighted by Crippen LogP contribution is -2.39. The molecule has 0 aliphatic carbocycles. The molecule has 0 unspecified atom stereocenters. The van der Waals surface area contributed by atoms with Crippen LogP contribution < -0.4 is 9.21 Å². The van der Waals surface area contributed by atoms with Crippen LogP contribution in [0.4, 0.5) is 11.5 Å². The molecule has 5 heterocycles. The maximum Gasteiger partial charge on any atom is 0.256 e. The number of carbonyl (C=O) groups is 1. The zero-order valence-corrected chi connectivity index (χ0v) is 23.2. The lowest BCUT2D eigenvalue weighted by molar-refractivity contribution is 0.0606. The minimum atomic E-state index is -3.41. The van der Waals surface area contributed by atoms with Crippen molar-refractivity contribution in [1.29, 1.82) is 0 Å². The first-order valence-corrected chi connectivity index (χ1v) is 15.4. The van der Waals surface area contributed by atoms with Crippen LogP contribution in [-0.2, 0) is 10.0 Å². The molecule has 10 heteroatoms. The van der Waals surface area contributed by atoms with Crippen LogP contribution in [-0.4, -0.2) is 65.8 Å². The molecule has 3 aromatic rings. The van der Waals surface area contributed by atoms with E-state index in [-0.39, 0.29) is 17.7 Å². The summed E-state index contributed by atoms with van der Waals surface area (Å²) < 4.78 is 28.7. The van der Waals surface area contributed by atoms with Gasteiger partial charge in [0.15, 0.2) is 5.65 Å². The zero-order valence-electron chi connectivity index (χ0n) is 22.4. The Kier molecular flexibility index (Phi) is 6.32. The average molecular weight is 537 g/mol. The molecule has 0 saturated carbocycles. The van der Waals surface area contributed by atoms with E-state index >= 15 is 0 Å². The van der Waals surface area contributed by atoms with Crippen LogP contribution in [0.3, 0.4) is 0 Å². The Balaban J connectivity index is 1.35. The summed E-state index contributed by atoms with van der Waals surface area (Å²) in [6.45, 7) is 9.34.